The third kappa shape index (κ3) is 3.82. The van der Waals surface area contributed by atoms with Crippen molar-refractivity contribution in [3.8, 4) is 0 Å². The summed E-state index contributed by atoms with van der Waals surface area (Å²) in [5, 5.41) is 5.21. The number of anilines is 2. The van der Waals surface area contributed by atoms with E-state index in [2.05, 4.69) is 53.3 Å². The Bertz CT molecular complexity index is 832. The second-order valence-corrected chi connectivity index (χ2v) is 6.93. The van der Waals surface area contributed by atoms with Gasteiger partial charge in [-0.15, -0.1) is 0 Å². The molecule has 0 aliphatic carbocycles. The smallest absolute Gasteiger partial charge is 0.225 e. The average Bonchev–Trinajstić information content (AvgIpc) is 2.74. The molecule has 0 unspecified atom stereocenters. The van der Waals surface area contributed by atoms with Gasteiger partial charge in [-0.3, -0.25) is 10.4 Å². The van der Waals surface area contributed by atoms with E-state index >= 15 is 0 Å². The number of thiocarbonyl (C=S) groups is 1. The summed E-state index contributed by atoms with van der Waals surface area (Å²) >= 11 is 5.55. The first-order valence-corrected chi connectivity index (χ1v) is 9.43. The lowest BCUT2D eigenvalue weighted by molar-refractivity contribution is 0.378. The quantitative estimate of drug-likeness (QED) is 0.612. The van der Waals surface area contributed by atoms with Gasteiger partial charge in [-0.25, -0.2) is 9.97 Å². The zero-order valence-corrected chi connectivity index (χ0v) is 16.1. The summed E-state index contributed by atoms with van der Waals surface area (Å²) in [5.41, 5.74) is 6.04. The van der Waals surface area contributed by atoms with E-state index in [-0.39, 0.29) is 0 Å². The van der Waals surface area contributed by atoms with Gasteiger partial charge in [0.15, 0.2) is 5.11 Å². The Hall–Kier alpha value is -2.81. The molecule has 0 amide bonds. The fourth-order valence-corrected chi connectivity index (χ4v) is 3.53. The highest BCUT2D eigenvalue weighted by Gasteiger charge is 2.22. The molecule has 8 nitrogen and oxygen atoms in total. The summed E-state index contributed by atoms with van der Waals surface area (Å²) < 4.78 is 0. The summed E-state index contributed by atoms with van der Waals surface area (Å²) in [7, 11) is 2.07. The van der Waals surface area contributed by atoms with Gasteiger partial charge in [-0.1, -0.05) is 0 Å². The number of hydrazone groups is 1. The normalized spacial score (nSPS) is 18.4. The molecule has 2 aliphatic rings. The van der Waals surface area contributed by atoms with Crippen LogP contribution < -0.4 is 15.2 Å². The Kier molecular flexibility index (Phi) is 5.10. The third-order valence-electron chi connectivity index (χ3n) is 4.84. The Labute approximate surface area is 163 Å². The van der Waals surface area contributed by atoms with Crippen molar-refractivity contribution in [2.24, 2.45) is 5.10 Å². The van der Waals surface area contributed by atoms with Gasteiger partial charge >= 0.3 is 0 Å². The van der Waals surface area contributed by atoms with Gasteiger partial charge in [-0.05, 0) is 30.4 Å². The van der Waals surface area contributed by atoms with Gasteiger partial charge in [0.25, 0.3) is 0 Å². The second kappa shape index (κ2) is 7.83. The fourth-order valence-electron chi connectivity index (χ4n) is 3.30. The molecule has 0 radical (unpaired) electrons. The maximum atomic E-state index is 5.55. The first-order valence-electron chi connectivity index (χ1n) is 9.02. The molecule has 4 heterocycles. The third-order valence-corrected chi connectivity index (χ3v) is 5.19. The van der Waals surface area contributed by atoms with Crippen molar-refractivity contribution in [2.45, 2.75) is 6.42 Å². The Balaban J connectivity index is 1.37. The zero-order chi connectivity index (χ0) is 18.6. The number of fused-ring (bicyclic) bond motifs is 1. The van der Waals surface area contributed by atoms with Crippen LogP contribution in [0.2, 0.25) is 0 Å². The molecule has 0 saturated carbocycles. The number of piperazine rings is 1. The van der Waals surface area contributed by atoms with Crippen LogP contribution in [0.1, 0.15) is 12.1 Å². The number of hydrogen-bond acceptors (Lipinski definition) is 7. The summed E-state index contributed by atoms with van der Waals surface area (Å²) in [6.45, 7) is 4.20. The second-order valence-electron chi connectivity index (χ2n) is 6.54. The molecule has 1 fully saturated rings. The van der Waals surface area contributed by atoms with Gasteiger partial charge in [0.2, 0.25) is 5.95 Å². The van der Waals surface area contributed by atoms with Crippen LogP contribution in [0.3, 0.4) is 0 Å². The number of rotatable bonds is 2. The lowest BCUT2D eigenvalue weighted by atomic mass is 10.1. The first kappa shape index (κ1) is 17.6. The molecular formula is C18H22N8S. The highest BCUT2D eigenvalue weighted by atomic mass is 32.1. The zero-order valence-electron chi connectivity index (χ0n) is 15.2. The molecule has 0 spiro atoms. The molecule has 140 valence electrons. The van der Waals surface area contributed by atoms with Crippen LogP contribution >= 0.6 is 12.2 Å². The molecule has 0 atom stereocenters. The van der Waals surface area contributed by atoms with Crippen molar-refractivity contribution >= 4 is 34.7 Å². The molecule has 4 rings (SSSR count). The van der Waals surface area contributed by atoms with Crippen molar-refractivity contribution < 1.29 is 0 Å². The van der Waals surface area contributed by atoms with Crippen molar-refractivity contribution in [3.63, 3.8) is 0 Å². The van der Waals surface area contributed by atoms with E-state index in [4.69, 9.17) is 12.2 Å². The van der Waals surface area contributed by atoms with Crippen LogP contribution in [0.5, 0.6) is 0 Å². The Morgan fingerprint density at radius 3 is 2.56 bits per heavy atom. The van der Waals surface area contributed by atoms with Crippen LogP contribution in [0, 0.1) is 0 Å². The van der Waals surface area contributed by atoms with Crippen LogP contribution in [-0.4, -0.2) is 70.4 Å². The highest BCUT2D eigenvalue weighted by molar-refractivity contribution is 7.80. The fraction of sp³-hybridized carbons (Fsp3) is 0.389. The number of pyridine rings is 1. The van der Waals surface area contributed by atoms with Crippen molar-refractivity contribution in [3.05, 3.63) is 42.5 Å². The van der Waals surface area contributed by atoms with Crippen molar-refractivity contribution in [1.82, 2.24) is 25.3 Å². The van der Waals surface area contributed by atoms with E-state index in [1.165, 1.54) is 0 Å². The minimum atomic E-state index is 0.646. The standard InChI is InChI=1S/C18H22N8S/c1-24-9-5-14(16-15(24)4-2-6-19-16)22-23-18(27)26-12-10-25(11-13-26)17-20-7-3-8-21-17/h2-4,6-8H,5,9-13H2,1H3,(H,23,27)/b22-14-. The maximum absolute atomic E-state index is 5.55. The van der Waals surface area contributed by atoms with E-state index < -0.39 is 0 Å². The van der Waals surface area contributed by atoms with Gasteiger partial charge in [0, 0.05) is 64.8 Å². The first-order chi connectivity index (χ1) is 13.2. The summed E-state index contributed by atoms with van der Waals surface area (Å²) in [5.74, 6) is 0.769. The van der Waals surface area contributed by atoms with Crippen LogP contribution in [0.15, 0.2) is 41.9 Å². The van der Waals surface area contributed by atoms with Gasteiger partial charge in [0.05, 0.1) is 11.4 Å². The Morgan fingerprint density at radius 1 is 1.04 bits per heavy atom. The number of hydrogen-bond donors (Lipinski definition) is 1. The van der Waals surface area contributed by atoms with Crippen molar-refractivity contribution in [1.29, 1.82) is 0 Å². The SMILES string of the molecule is CN1CC/C(=N/NC(=S)N2CCN(c3ncccn3)CC2)c2ncccc21. The van der Waals surface area contributed by atoms with Gasteiger partial charge in [-0.2, -0.15) is 5.10 Å². The van der Waals surface area contributed by atoms with E-state index in [0.717, 1.165) is 62.2 Å². The van der Waals surface area contributed by atoms with Crippen LogP contribution in [0.25, 0.3) is 0 Å². The van der Waals surface area contributed by atoms with Gasteiger partial charge < -0.3 is 14.7 Å². The number of nitrogens with one attached hydrogen (secondary N) is 1. The number of nitrogens with zero attached hydrogens (tertiary/aromatic N) is 7. The monoisotopic (exact) mass is 382 g/mol. The maximum Gasteiger partial charge on any atom is 0.225 e. The molecule has 2 aromatic rings. The van der Waals surface area contributed by atoms with Crippen LogP contribution in [0.4, 0.5) is 11.6 Å². The Morgan fingerprint density at radius 2 is 1.78 bits per heavy atom. The molecule has 2 aliphatic heterocycles. The molecular weight excluding hydrogens is 360 g/mol. The lowest BCUT2D eigenvalue weighted by Crippen LogP contribution is -2.51. The average molecular weight is 382 g/mol. The van der Waals surface area contributed by atoms with Crippen LogP contribution in [-0.2, 0) is 0 Å². The largest absolute Gasteiger partial charge is 0.372 e. The minimum Gasteiger partial charge on any atom is -0.372 e. The molecule has 0 bridgehead atoms. The summed E-state index contributed by atoms with van der Waals surface area (Å²) in [6, 6.07) is 5.85. The van der Waals surface area contributed by atoms with E-state index in [1.807, 2.05) is 12.1 Å². The predicted molar refractivity (Wildman–Crippen MR) is 110 cm³/mol. The molecule has 27 heavy (non-hydrogen) atoms. The van der Waals surface area contributed by atoms with Gasteiger partial charge in [0.1, 0.15) is 5.69 Å². The lowest BCUT2D eigenvalue weighted by Gasteiger charge is -2.35. The highest BCUT2D eigenvalue weighted by Crippen LogP contribution is 2.23. The molecule has 0 aromatic carbocycles. The van der Waals surface area contributed by atoms with E-state index in [9.17, 15) is 0 Å². The van der Waals surface area contributed by atoms with E-state index in [1.54, 1.807) is 18.6 Å². The minimum absolute atomic E-state index is 0.646. The summed E-state index contributed by atoms with van der Waals surface area (Å²) in [4.78, 5) is 19.6. The molecule has 1 saturated heterocycles. The molecule has 2 aromatic heterocycles. The topological polar surface area (TPSA) is 72.8 Å². The van der Waals surface area contributed by atoms with E-state index in [0.29, 0.717) is 5.11 Å². The van der Waals surface area contributed by atoms with Crippen molar-refractivity contribution in [2.75, 3.05) is 49.6 Å². The predicted octanol–water partition coefficient (Wildman–Crippen LogP) is 1.11. The number of aromatic nitrogens is 3. The molecule has 9 heteroatoms. The molecule has 1 N–H and O–H groups in total. The summed E-state index contributed by atoms with van der Waals surface area (Å²) in [6.07, 6.45) is 6.18.